The molecule has 0 amide bonds. The zero-order chi connectivity index (χ0) is 23.8. The lowest BCUT2D eigenvalue weighted by Crippen LogP contribution is -2.17. The second kappa shape index (κ2) is 9.61. The predicted octanol–water partition coefficient (Wildman–Crippen LogP) is 3.67. The quantitative estimate of drug-likeness (QED) is 0.362. The zero-order valence-electron chi connectivity index (χ0n) is 19.2. The summed E-state index contributed by atoms with van der Waals surface area (Å²) in [6.07, 6.45) is 3.23. The number of primary sulfonamides is 1. The number of hydrogen-bond donors (Lipinski definition) is 1. The summed E-state index contributed by atoms with van der Waals surface area (Å²) in [6.45, 7) is 8.38. The van der Waals surface area contributed by atoms with Crippen LogP contribution in [0.2, 0.25) is 0 Å². The number of imidazole rings is 1. The van der Waals surface area contributed by atoms with Gasteiger partial charge in [-0.3, -0.25) is 4.79 Å². The van der Waals surface area contributed by atoms with E-state index in [2.05, 4.69) is 16.5 Å². The number of hydrogen-bond acceptors (Lipinski definition) is 6. The van der Waals surface area contributed by atoms with Crippen molar-refractivity contribution < 1.29 is 17.9 Å². The Balaban J connectivity index is 1.55. The Kier molecular flexibility index (Phi) is 6.99. The molecule has 2 N–H and O–H groups in total. The van der Waals surface area contributed by atoms with Crippen molar-refractivity contribution in [1.29, 1.82) is 0 Å². The lowest BCUT2D eigenvalue weighted by Gasteiger charge is -2.14. The summed E-state index contributed by atoms with van der Waals surface area (Å²) in [4.78, 5) is 17.8. The van der Waals surface area contributed by atoms with Crippen LogP contribution >= 0.6 is 11.8 Å². The van der Waals surface area contributed by atoms with Gasteiger partial charge >= 0.3 is 0 Å². The molecule has 0 radical (unpaired) electrons. The first-order valence-corrected chi connectivity index (χ1v) is 13.7. The minimum atomic E-state index is -3.81. The molecule has 0 spiro atoms. The van der Waals surface area contributed by atoms with E-state index in [1.54, 1.807) is 6.07 Å². The van der Waals surface area contributed by atoms with Crippen LogP contribution < -0.4 is 5.14 Å². The van der Waals surface area contributed by atoms with E-state index in [9.17, 15) is 13.2 Å². The fourth-order valence-corrected chi connectivity index (χ4v) is 5.84. The monoisotopic (exact) mass is 490 g/mol. The smallest absolute Gasteiger partial charge is 0.238 e. The highest BCUT2D eigenvalue weighted by molar-refractivity contribution is 7.99. The number of nitrogens with two attached hydrogens (primary N) is 1. The molecule has 3 aromatic rings. The van der Waals surface area contributed by atoms with Crippen LogP contribution in [0, 0.1) is 13.8 Å². The Hall–Kier alpha value is -2.14. The van der Waals surface area contributed by atoms with Crippen LogP contribution in [0.15, 0.2) is 34.3 Å². The molecule has 1 aromatic carbocycles. The summed E-state index contributed by atoms with van der Waals surface area (Å²) in [5, 5.41) is 5.97. The summed E-state index contributed by atoms with van der Waals surface area (Å²) >= 11 is 1.37. The largest absolute Gasteiger partial charge is 0.376 e. The Morgan fingerprint density at radius 2 is 2.06 bits per heavy atom. The number of Topliss-reactive ketones (excluding diaryl/α,β-unsaturated/α-hetero) is 1. The van der Waals surface area contributed by atoms with E-state index in [-0.39, 0.29) is 22.5 Å². The van der Waals surface area contributed by atoms with E-state index in [0.29, 0.717) is 10.7 Å². The van der Waals surface area contributed by atoms with Gasteiger partial charge in [-0.05, 0) is 57.4 Å². The maximum atomic E-state index is 13.1. The number of carbonyl (C=O) groups excluding carboxylic acids is 1. The molecule has 3 heterocycles. The summed E-state index contributed by atoms with van der Waals surface area (Å²) in [6, 6.07) is 6.67. The number of ketones is 1. The first kappa shape index (κ1) is 24.0. The molecule has 0 aliphatic carbocycles. The van der Waals surface area contributed by atoms with E-state index in [4.69, 9.17) is 9.88 Å². The van der Waals surface area contributed by atoms with Crippen LogP contribution in [-0.2, 0) is 27.8 Å². The third-order valence-corrected chi connectivity index (χ3v) is 7.96. The molecule has 178 valence electrons. The number of rotatable bonds is 9. The maximum Gasteiger partial charge on any atom is 0.238 e. The van der Waals surface area contributed by atoms with Crippen molar-refractivity contribution in [3.63, 3.8) is 0 Å². The number of aromatic nitrogens is 3. The van der Waals surface area contributed by atoms with Crippen LogP contribution in [0.25, 0.3) is 11.0 Å². The lowest BCUT2D eigenvalue weighted by molar-refractivity contribution is 0.0957. The zero-order valence-corrected chi connectivity index (χ0v) is 20.8. The molecule has 1 aliphatic heterocycles. The summed E-state index contributed by atoms with van der Waals surface area (Å²) in [5.41, 5.74) is 4.14. The minimum absolute atomic E-state index is 0.0301. The topological polar surface area (TPSA) is 109 Å². The fourth-order valence-electron chi connectivity index (χ4n) is 4.38. The number of thioether (sulfide) groups is 1. The van der Waals surface area contributed by atoms with Crippen molar-refractivity contribution in [2.24, 2.45) is 5.14 Å². The number of fused-ring (bicyclic) bond motifs is 1. The van der Waals surface area contributed by atoms with Crippen molar-refractivity contribution in [3.8, 4) is 0 Å². The SMILES string of the molecule is CCCn1c(SCC(=O)c2cc(C)n(C[C@H]3CCCO3)c2C)nc2cc(S(N)(=O)=O)ccc21. The molecule has 8 nitrogen and oxygen atoms in total. The Labute approximate surface area is 198 Å². The Morgan fingerprint density at radius 1 is 1.27 bits per heavy atom. The molecule has 0 saturated carbocycles. The molecular formula is C23H30N4O4S2. The molecule has 0 unspecified atom stereocenters. The number of ether oxygens (including phenoxy) is 1. The summed E-state index contributed by atoms with van der Waals surface area (Å²) in [7, 11) is -3.81. The molecule has 4 rings (SSSR count). The van der Waals surface area contributed by atoms with Gasteiger partial charge in [-0.2, -0.15) is 0 Å². The number of nitrogens with zero attached hydrogens (tertiary/aromatic N) is 3. The molecule has 1 saturated heterocycles. The van der Waals surface area contributed by atoms with Gasteiger partial charge in [-0.25, -0.2) is 18.5 Å². The molecule has 1 aliphatic rings. The standard InChI is InChI=1S/C23H30N4O4S2/c1-4-9-26-21-8-7-18(33(24,29)30)12-20(21)25-23(26)32-14-22(28)19-11-15(2)27(16(19)3)13-17-6-5-10-31-17/h7-8,11-12,17H,4-6,9-10,13-14H2,1-3H3,(H2,24,29,30)/t17-/m1/s1. The first-order chi connectivity index (χ1) is 15.7. The van der Waals surface area contributed by atoms with Gasteiger partial charge in [0, 0.05) is 36.6 Å². The van der Waals surface area contributed by atoms with Crippen molar-refractivity contribution in [2.45, 2.75) is 69.3 Å². The summed E-state index contributed by atoms with van der Waals surface area (Å²) in [5.74, 6) is 0.297. The number of carbonyl (C=O) groups is 1. The second-order valence-electron chi connectivity index (χ2n) is 8.48. The molecular weight excluding hydrogens is 460 g/mol. The highest BCUT2D eigenvalue weighted by Gasteiger charge is 2.22. The minimum Gasteiger partial charge on any atom is -0.376 e. The van der Waals surface area contributed by atoms with Gasteiger partial charge in [0.15, 0.2) is 10.9 Å². The highest BCUT2D eigenvalue weighted by atomic mass is 32.2. The van der Waals surface area contributed by atoms with E-state index in [1.165, 1.54) is 23.9 Å². The Morgan fingerprint density at radius 3 is 2.73 bits per heavy atom. The lowest BCUT2D eigenvalue weighted by atomic mass is 10.2. The van der Waals surface area contributed by atoms with E-state index < -0.39 is 10.0 Å². The normalized spacial score (nSPS) is 16.7. The molecule has 33 heavy (non-hydrogen) atoms. The van der Waals surface area contributed by atoms with Gasteiger partial charge in [0.2, 0.25) is 10.0 Å². The fraction of sp³-hybridized carbons (Fsp3) is 0.478. The molecule has 1 atom stereocenters. The van der Waals surface area contributed by atoms with Crippen molar-refractivity contribution in [2.75, 3.05) is 12.4 Å². The van der Waals surface area contributed by atoms with Gasteiger partial charge in [0.05, 0.1) is 27.8 Å². The van der Waals surface area contributed by atoms with Crippen LogP contribution in [0.1, 0.15) is 47.9 Å². The maximum absolute atomic E-state index is 13.1. The Bertz CT molecular complexity index is 1290. The van der Waals surface area contributed by atoms with Crippen LogP contribution in [0.4, 0.5) is 0 Å². The van der Waals surface area contributed by atoms with Gasteiger partial charge < -0.3 is 13.9 Å². The number of aryl methyl sites for hydroxylation is 2. The van der Waals surface area contributed by atoms with Crippen molar-refractivity contribution in [3.05, 3.63) is 41.2 Å². The average Bonchev–Trinajstić information content (AvgIpc) is 3.47. The van der Waals surface area contributed by atoms with Gasteiger partial charge in [0.1, 0.15) is 0 Å². The van der Waals surface area contributed by atoms with Crippen molar-refractivity contribution >= 4 is 38.6 Å². The molecule has 2 aromatic heterocycles. The van der Waals surface area contributed by atoms with Crippen molar-refractivity contribution in [1.82, 2.24) is 14.1 Å². The van der Waals surface area contributed by atoms with Gasteiger partial charge in [-0.1, -0.05) is 18.7 Å². The summed E-state index contributed by atoms with van der Waals surface area (Å²) < 4.78 is 33.4. The number of benzene rings is 1. The second-order valence-corrected chi connectivity index (χ2v) is 11.0. The van der Waals surface area contributed by atoms with Crippen LogP contribution in [0.5, 0.6) is 0 Å². The molecule has 1 fully saturated rings. The van der Waals surface area contributed by atoms with E-state index in [0.717, 1.165) is 61.4 Å². The molecule has 0 bridgehead atoms. The molecule has 10 heteroatoms. The average molecular weight is 491 g/mol. The van der Waals surface area contributed by atoms with Gasteiger partial charge in [0.25, 0.3) is 0 Å². The van der Waals surface area contributed by atoms with E-state index >= 15 is 0 Å². The predicted molar refractivity (Wildman–Crippen MR) is 129 cm³/mol. The van der Waals surface area contributed by atoms with E-state index in [1.807, 2.05) is 24.5 Å². The number of sulfonamides is 1. The third-order valence-electron chi connectivity index (χ3n) is 6.08. The van der Waals surface area contributed by atoms with Crippen LogP contribution in [-0.4, -0.2) is 46.8 Å². The van der Waals surface area contributed by atoms with Crippen LogP contribution in [0.3, 0.4) is 0 Å². The third kappa shape index (κ3) is 5.03. The first-order valence-electron chi connectivity index (χ1n) is 11.2. The van der Waals surface area contributed by atoms with Gasteiger partial charge in [-0.15, -0.1) is 0 Å². The highest BCUT2D eigenvalue weighted by Crippen LogP contribution is 2.28.